The minimum atomic E-state index is 0.00651. The zero-order valence-electron chi connectivity index (χ0n) is 12.6. The third-order valence-corrected chi connectivity index (χ3v) is 4.38. The molecule has 4 heteroatoms. The van der Waals surface area contributed by atoms with Gasteiger partial charge in [-0.2, -0.15) is 0 Å². The molecule has 1 aliphatic carbocycles. The van der Waals surface area contributed by atoms with Crippen molar-refractivity contribution in [2.24, 2.45) is 11.7 Å². The summed E-state index contributed by atoms with van der Waals surface area (Å²) in [7, 11) is 0. The molecule has 21 heavy (non-hydrogen) atoms. The van der Waals surface area contributed by atoms with E-state index in [4.69, 9.17) is 10.2 Å². The predicted molar refractivity (Wildman–Crippen MR) is 83.1 cm³/mol. The molecule has 0 spiro atoms. The number of hydrogen-bond acceptors (Lipinski definition) is 3. The van der Waals surface area contributed by atoms with Crippen molar-refractivity contribution in [1.29, 1.82) is 0 Å². The van der Waals surface area contributed by atoms with Crippen molar-refractivity contribution in [3.63, 3.8) is 0 Å². The molecule has 0 bridgehead atoms. The number of carbonyl (C=O) groups excluding carboxylic acids is 1. The molecule has 1 aliphatic rings. The maximum absolute atomic E-state index is 12.0. The van der Waals surface area contributed by atoms with Gasteiger partial charge < -0.3 is 15.5 Å². The molecule has 112 valence electrons. The molecular weight excluding hydrogens is 264 g/mol. The van der Waals surface area contributed by atoms with Gasteiger partial charge in [0.25, 0.3) is 0 Å². The highest BCUT2D eigenvalue weighted by Gasteiger charge is 2.28. The Balaban J connectivity index is 1.66. The largest absolute Gasteiger partial charge is 0.464 e. The van der Waals surface area contributed by atoms with Crippen LogP contribution in [-0.2, 0) is 11.2 Å². The molecule has 0 radical (unpaired) electrons. The molecule has 1 heterocycles. The van der Waals surface area contributed by atoms with Crippen LogP contribution in [0.25, 0.3) is 11.0 Å². The molecule has 1 aromatic carbocycles. The van der Waals surface area contributed by atoms with Crippen LogP contribution >= 0.6 is 0 Å². The highest BCUT2D eigenvalue weighted by molar-refractivity contribution is 5.88. The van der Waals surface area contributed by atoms with Crippen molar-refractivity contribution in [2.75, 3.05) is 6.54 Å². The zero-order valence-corrected chi connectivity index (χ0v) is 12.6. The standard InChI is InChI=1S/C17H22N2O2/c1-10-5-14-13(9-21-16(14)6-11(10)2)7-17(20)19-8-15(18)12-3-4-12/h5-6,9,12,15H,3-4,7-8,18H2,1-2H3,(H,19,20). The summed E-state index contributed by atoms with van der Waals surface area (Å²) in [6.07, 6.45) is 4.42. The van der Waals surface area contributed by atoms with Crippen molar-refractivity contribution < 1.29 is 9.21 Å². The van der Waals surface area contributed by atoms with Crippen molar-refractivity contribution in [3.05, 3.63) is 35.1 Å². The summed E-state index contributed by atoms with van der Waals surface area (Å²) in [4.78, 5) is 12.0. The molecule has 1 aromatic heterocycles. The van der Waals surface area contributed by atoms with Crippen molar-refractivity contribution >= 4 is 16.9 Å². The number of hydrogen-bond donors (Lipinski definition) is 2. The lowest BCUT2D eigenvalue weighted by Gasteiger charge is -2.11. The molecular formula is C17H22N2O2. The molecule has 1 saturated carbocycles. The minimum absolute atomic E-state index is 0.00651. The van der Waals surface area contributed by atoms with Crippen LogP contribution in [0.4, 0.5) is 0 Å². The van der Waals surface area contributed by atoms with Crippen molar-refractivity contribution in [2.45, 2.75) is 39.2 Å². The van der Waals surface area contributed by atoms with E-state index < -0.39 is 0 Å². The fraction of sp³-hybridized carbons (Fsp3) is 0.471. The van der Waals surface area contributed by atoms with Gasteiger partial charge in [-0.1, -0.05) is 0 Å². The average molecular weight is 286 g/mol. The Hall–Kier alpha value is -1.81. The lowest BCUT2D eigenvalue weighted by molar-refractivity contribution is -0.120. The molecule has 2 aromatic rings. The first-order chi connectivity index (χ1) is 10.0. The Morgan fingerprint density at radius 3 is 2.81 bits per heavy atom. The van der Waals surface area contributed by atoms with Gasteiger partial charge in [-0.3, -0.25) is 4.79 Å². The quantitative estimate of drug-likeness (QED) is 0.887. The van der Waals surface area contributed by atoms with Crippen LogP contribution in [-0.4, -0.2) is 18.5 Å². The first-order valence-corrected chi connectivity index (χ1v) is 7.54. The van der Waals surface area contributed by atoms with Crippen LogP contribution in [0.5, 0.6) is 0 Å². The van der Waals surface area contributed by atoms with E-state index in [1.807, 2.05) is 6.07 Å². The molecule has 4 nitrogen and oxygen atoms in total. The molecule has 1 atom stereocenters. The molecule has 1 amide bonds. The topological polar surface area (TPSA) is 68.3 Å². The lowest BCUT2D eigenvalue weighted by atomic mass is 10.0. The third-order valence-electron chi connectivity index (χ3n) is 4.38. The third kappa shape index (κ3) is 3.10. The van der Waals surface area contributed by atoms with E-state index in [-0.39, 0.29) is 11.9 Å². The second kappa shape index (κ2) is 5.53. The van der Waals surface area contributed by atoms with E-state index in [0.29, 0.717) is 18.9 Å². The Morgan fingerprint density at radius 1 is 1.38 bits per heavy atom. The van der Waals surface area contributed by atoms with Crippen LogP contribution in [0.1, 0.15) is 29.5 Å². The van der Waals surface area contributed by atoms with Gasteiger partial charge in [-0.05, 0) is 55.9 Å². The van der Waals surface area contributed by atoms with Gasteiger partial charge in [-0.25, -0.2) is 0 Å². The number of rotatable bonds is 5. The number of benzene rings is 1. The number of carbonyl (C=O) groups is 1. The van der Waals surface area contributed by atoms with E-state index >= 15 is 0 Å². The second-order valence-electron chi connectivity index (χ2n) is 6.18. The fourth-order valence-corrected chi connectivity index (χ4v) is 2.63. The number of fused-ring (bicyclic) bond motifs is 1. The Bertz CT molecular complexity index is 671. The monoisotopic (exact) mass is 286 g/mol. The Morgan fingerprint density at radius 2 is 2.10 bits per heavy atom. The predicted octanol–water partition coefficient (Wildman–Crippen LogP) is 2.45. The van der Waals surface area contributed by atoms with Crippen molar-refractivity contribution in [1.82, 2.24) is 5.32 Å². The minimum Gasteiger partial charge on any atom is -0.464 e. The SMILES string of the molecule is Cc1cc2occ(CC(=O)NCC(N)C3CC3)c2cc1C. The van der Waals surface area contributed by atoms with Crippen LogP contribution < -0.4 is 11.1 Å². The fourth-order valence-electron chi connectivity index (χ4n) is 2.63. The number of aryl methyl sites for hydroxylation is 2. The molecule has 3 rings (SSSR count). The van der Waals surface area contributed by atoms with E-state index in [0.717, 1.165) is 16.5 Å². The van der Waals surface area contributed by atoms with E-state index in [1.54, 1.807) is 6.26 Å². The van der Waals surface area contributed by atoms with Gasteiger partial charge in [0.05, 0.1) is 12.7 Å². The molecule has 1 unspecified atom stereocenters. The summed E-state index contributed by atoms with van der Waals surface area (Å²) in [6.45, 7) is 4.70. The summed E-state index contributed by atoms with van der Waals surface area (Å²) in [5.74, 6) is 0.609. The average Bonchev–Trinajstić information content (AvgIpc) is 3.23. The number of nitrogens with one attached hydrogen (secondary N) is 1. The Kier molecular flexibility index (Phi) is 3.72. The van der Waals surface area contributed by atoms with E-state index in [2.05, 4.69) is 25.2 Å². The smallest absolute Gasteiger partial charge is 0.224 e. The summed E-state index contributed by atoms with van der Waals surface area (Å²) < 4.78 is 5.55. The highest BCUT2D eigenvalue weighted by atomic mass is 16.3. The van der Waals surface area contributed by atoms with Gasteiger partial charge in [0.1, 0.15) is 5.58 Å². The summed E-state index contributed by atoms with van der Waals surface area (Å²) in [5.41, 5.74) is 10.2. The van der Waals surface area contributed by atoms with Crippen LogP contribution in [0, 0.1) is 19.8 Å². The Labute approximate surface area is 124 Å². The summed E-state index contributed by atoms with van der Waals surface area (Å²) >= 11 is 0. The lowest BCUT2D eigenvalue weighted by Crippen LogP contribution is -2.39. The molecule has 3 N–H and O–H groups in total. The second-order valence-corrected chi connectivity index (χ2v) is 6.18. The van der Waals surface area contributed by atoms with E-state index in [9.17, 15) is 4.79 Å². The summed E-state index contributed by atoms with van der Waals surface area (Å²) in [5, 5.41) is 3.95. The summed E-state index contributed by atoms with van der Waals surface area (Å²) in [6, 6.07) is 4.21. The van der Waals surface area contributed by atoms with Gasteiger partial charge in [0.15, 0.2) is 0 Å². The van der Waals surface area contributed by atoms with Crippen LogP contribution in [0.15, 0.2) is 22.8 Å². The van der Waals surface area contributed by atoms with Crippen LogP contribution in [0.3, 0.4) is 0 Å². The van der Waals surface area contributed by atoms with Gasteiger partial charge in [0, 0.05) is 23.5 Å². The first-order valence-electron chi connectivity index (χ1n) is 7.54. The number of amides is 1. The highest BCUT2D eigenvalue weighted by Crippen LogP contribution is 2.31. The zero-order chi connectivity index (χ0) is 15.0. The normalized spacial score (nSPS) is 16.1. The molecule has 0 saturated heterocycles. The van der Waals surface area contributed by atoms with Crippen molar-refractivity contribution in [3.8, 4) is 0 Å². The van der Waals surface area contributed by atoms with Gasteiger partial charge in [0.2, 0.25) is 5.91 Å². The number of furan rings is 1. The van der Waals surface area contributed by atoms with Gasteiger partial charge >= 0.3 is 0 Å². The van der Waals surface area contributed by atoms with Gasteiger partial charge in [-0.15, -0.1) is 0 Å². The van der Waals surface area contributed by atoms with E-state index in [1.165, 1.54) is 24.0 Å². The molecule has 1 fully saturated rings. The maximum Gasteiger partial charge on any atom is 0.224 e. The molecule has 0 aliphatic heterocycles. The number of nitrogens with two attached hydrogens (primary N) is 1. The maximum atomic E-state index is 12.0. The first kappa shape index (κ1) is 14.1. The van der Waals surface area contributed by atoms with Crippen LogP contribution in [0.2, 0.25) is 0 Å².